The minimum Gasteiger partial charge on any atom is -0.341 e. The number of carbonyl (C=O) groups excluding carboxylic acids is 2. The van der Waals surface area contributed by atoms with Crippen LogP contribution in [0.4, 0.5) is 4.79 Å². The number of urea groups is 1. The average Bonchev–Trinajstić information content (AvgIpc) is 2.27. The molecule has 1 rings (SSSR count). The number of imide groups is 1. The molecule has 0 radical (unpaired) electrons. The molecule has 0 spiro atoms. The highest BCUT2D eigenvalue weighted by Crippen LogP contribution is 2.07. The summed E-state index contributed by atoms with van der Waals surface area (Å²) in [5.74, 6) is -0.226. The highest BCUT2D eigenvalue weighted by molar-refractivity contribution is 5.94. The molecule has 6 heteroatoms. The van der Waals surface area contributed by atoms with Gasteiger partial charge in [0.1, 0.15) is 0 Å². The number of nitrogens with one attached hydrogen (secondary N) is 2. The maximum atomic E-state index is 11.4. The van der Waals surface area contributed by atoms with E-state index in [0.29, 0.717) is 19.0 Å². The Morgan fingerprint density at radius 2 is 2.06 bits per heavy atom. The standard InChI is InChI=1S/C11H22N4O2/c1-9-8-14(3)6-7-15(9)5-4-10(16)13-11(17)12-2/h9H,4-8H2,1-3H3,(H2,12,13,16,17). The Labute approximate surface area is 102 Å². The second-order valence-electron chi connectivity index (χ2n) is 4.52. The zero-order valence-electron chi connectivity index (χ0n) is 10.8. The summed E-state index contributed by atoms with van der Waals surface area (Å²) < 4.78 is 0. The Bertz CT molecular complexity index is 283. The van der Waals surface area contributed by atoms with Crippen molar-refractivity contribution in [1.82, 2.24) is 20.4 Å². The summed E-state index contributed by atoms with van der Waals surface area (Å²) in [6.07, 6.45) is 0.363. The molecular weight excluding hydrogens is 220 g/mol. The van der Waals surface area contributed by atoms with Gasteiger partial charge in [-0.3, -0.25) is 15.0 Å². The van der Waals surface area contributed by atoms with Crippen molar-refractivity contribution < 1.29 is 9.59 Å². The zero-order chi connectivity index (χ0) is 12.8. The SMILES string of the molecule is CNC(=O)NC(=O)CCN1CCN(C)CC1C. The molecule has 1 aliphatic rings. The second-order valence-corrected chi connectivity index (χ2v) is 4.52. The van der Waals surface area contributed by atoms with Gasteiger partial charge in [-0.15, -0.1) is 0 Å². The zero-order valence-corrected chi connectivity index (χ0v) is 10.8. The number of hydrogen-bond acceptors (Lipinski definition) is 4. The van der Waals surface area contributed by atoms with Crippen LogP contribution in [0.25, 0.3) is 0 Å². The Kier molecular flexibility index (Phi) is 5.37. The fraction of sp³-hybridized carbons (Fsp3) is 0.818. The van der Waals surface area contributed by atoms with Gasteiger partial charge in [0, 0.05) is 45.7 Å². The first-order valence-electron chi connectivity index (χ1n) is 5.97. The van der Waals surface area contributed by atoms with Gasteiger partial charge >= 0.3 is 6.03 Å². The summed E-state index contributed by atoms with van der Waals surface area (Å²) in [6, 6.07) is 0.0166. The normalized spacial score (nSPS) is 22.2. The molecule has 17 heavy (non-hydrogen) atoms. The Morgan fingerprint density at radius 3 is 2.65 bits per heavy atom. The van der Waals surface area contributed by atoms with Gasteiger partial charge in [0.2, 0.25) is 5.91 Å². The lowest BCUT2D eigenvalue weighted by atomic mass is 10.2. The van der Waals surface area contributed by atoms with Crippen molar-refractivity contribution in [2.45, 2.75) is 19.4 Å². The molecule has 0 aromatic carbocycles. The molecule has 98 valence electrons. The van der Waals surface area contributed by atoms with Crippen LogP contribution < -0.4 is 10.6 Å². The van der Waals surface area contributed by atoms with Crippen LogP contribution in [0.15, 0.2) is 0 Å². The molecule has 3 amide bonds. The van der Waals surface area contributed by atoms with Gasteiger partial charge in [-0.25, -0.2) is 4.79 Å². The molecule has 0 aliphatic carbocycles. The number of piperazine rings is 1. The van der Waals surface area contributed by atoms with Gasteiger partial charge < -0.3 is 10.2 Å². The molecule has 1 heterocycles. The summed E-state index contributed by atoms with van der Waals surface area (Å²) in [5.41, 5.74) is 0. The molecule has 1 unspecified atom stereocenters. The van der Waals surface area contributed by atoms with E-state index < -0.39 is 6.03 Å². The number of likely N-dealkylation sites (N-methyl/N-ethyl adjacent to an activating group) is 1. The van der Waals surface area contributed by atoms with Gasteiger partial charge in [-0.1, -0.05) is 0 Å². The number of hydrogen-bond donors (Lipinski definition) is 2. The van der Waals surface area contributed by atoms with Gasteiger partial charge in [-0.05, 0) is 14.0 Å². The average molecular weight is 242 g/mol. The summed E-state index contributed by atoms with van der Waals surface area (Å²) in [7, 11) is 3.59. The van der Waals surface area contributed by atoms with Gasteiger partial charge in [0.05, 0.1) is 0 Å². The Hall–Kier alpha value is -1.14. The van der Waals surface area contributed by atoms with Crippen molar-refractivity contribution in [2.24, 2.45) is 0 Å². The van der Waals surface area contributed by atoms with Crippen molar-refractivity contribution in [1.29, 1.82) is 0 Å². The van der Waals surface area contributed by atoms with E-state index in [2.05, 4.69) is 34.4 Å². The number of rotatable bonds is 3. The first-order chi connectivity index (χ1) is 8.02. The molecule has 0 bridgehead atoms. The lowest BCUT2D eigenvalue weighted by Gasteiger charge is -2.38. The van der Waals surface area contributed by atoms with E-state index in [1.165, 1.54) is 7.05 Å². The topological polar surface area (TPSA) is 64.7 Å². The number of amides is 3. The highest BCUT2D eigenvalue weighted by Gasteiger charge is 2.21. The molecule has 6 nitrogen and oxygen atoms in total. The summed E-state index contributed by atoms with van der Waals surface area (Å²) in [6.45, 7) is 5.90. The van der Waals surface area contributed by atoms with Crippen molar-refractivity contribution in [3.63, 3.8) is 0 Å². The van der Waals surface area contributed by atoms with Crippen LogP contribution in [0.3, 0.4) is 0 Å². The third-order valence-electron chi connectivity index (χ3n) is 3.07. The van der Waals surface area contributed by atoms with Crippen LogP contribution in [0, 0.1) is 0 Å². The smallest absolute Gasteiger partial charge is 0.321 e. The fourth-order valence-corrected chi connectivity index (χ4v) is 2.01. The first-order valence-corrected chi connectivity index (χ1v) is 5.97. The largest absolute Gasteiger partial charge is 0.341 e. The van der Waals surface area contributed by atoms with Crippen LogP contribution in [0.2, 0.25) is 0 Å². The molecule has 0 aromatic rings. The predicted octanol–water partition coefficient (Wildman–Crippen LogP) is -0.532. The molecule has 1 aliphatic heterocycles. The molecule has 1 atom stereocenters. The maximum Gasteiger partial charge on any atom is 0.321 e. The molecule has 0 aromatic heterocycles. The summed E-state index contributed by atoms with van der Waals surface area (Å²) >= 11 is 0. The highest BCUT2D eigenvalue weighted by atomic mass is 16.2. The lowest BCUT2D eigenvalue weighted by molar-refractivity contribution is -0.120. The monoisotopic (exact) mass is 242 g/mol. The maximum absolute atomic E-state index is 11.4. The molecule has 2 N–H and O–H groups in total. The van der Waals surface area contributed by atoms with Gasteiger partial charge in [-0.2, -0.15) is 0 Å². The van der Waals surface area contributed by atoms with Crippen molar-refractivity contribution in [2.75, 3.05) is 40.3 Å². The minimum atomic E-state index is -0.443. The van der Waals surface area contributed by atoms with E-state index in [9.17, 15) is 9.59 Å². The minimum absolute atomic E-state index is 0.226. The Morgan fingerprint density at radius 1 is 1.35 bits per heavy atom. The van der Waals surface area contributed by atoms with Crippen LogP contribution in [-0.4, -0.2) is 68.1 Å². The van der Waals surface area contributed by atoms with E-state index in [1.54, 1.807) is 0 Å². The third-order valence-corrected chi connectivity index (χ3v) is 3.07. The first kappa shape index (κ1) is 13.9. The van der Waals surface area contributed by atoms with E-state index >= 15 is 0 Å². The van der Waals surface area contributed by atoms with Crippen molar-refractivity contribution >= 4 is 11.9 Å². The Balaban J connectivity index is 2.26. The van der Waals surface area contributed by atoms with Crippen LogP contribution in [0.1, 0.15) is 13.3 Å². The number of carbonyl (C=O) groups is 2. The van der Waals surface area contributed by atoms with Crippen LogP contribution in [0.5, 0.6) is 0 Å². The molecule has 0 saturated carbocycles. The van der Waals surface area contributed by atoms with Gasteiger partial charge in [0.25, 0.3) is 0 Å². The number of nitrogens with zero attached hydrogens (tertiary/aromatic N) is 2. The summed E-state index contributed by atoms with van der Waals surface area (Å²) in [4.78, 5) is 26.9. The third kappa shape index (κ3) is 4.70. The van der Waals surface area contributed by atoms with Crippen LogP contribution in [-0.2, 0) is 4.79 Å². The predicted molar refractivity (Wildman–Crippen MR) is 65.7 cm³/mol. The quantitative estimate of drug-likeness (QED) is 0.698. The van der Waals surface area contributed by atoms with Crippen molar-refractivity contribution in [3.05, 3.63) is 0 Å². The fourth-order valence-electron chi connectivity index (χ4n) is 2.01. The van der Waals surface area contributed by atoms with E-state index in [4.69, 9.17) is 0 Å². The molecule has 1 saturated heterocycles. The second kappa shape index (κ2) is 6.56. The van der Waals surface area contributed by atoms with E-state index in [1.807, 2.05) is 0 Å². The van der Waals surface area contributed by atoms with Crippen molar-refractivity contribution in [3.8, 4) is 0 Å². The van der Waals surface area contributed by atoms with E-state index in [0.717, 1.165) is 19.6 Å². The molecule has 1 fully saturated rings. The molecular formula is C11H22N4O2. The lowest BCUT2D eigenvalue weighted by Crippen LogP contribution is -2.51. The van der Waals surface area contributed by atoms with Crippen LogP contribution >= 0.6 is 0 Å². The van der Waals surface area contributed by atoms with Gasteiger partial charge in [0.15, 0.2) is 0 Å². The summed E-state index contributed by atoms with van der Waals surface area (Å²) in [5, 5.41) is 4.62. The van der Waals surface area contributed by atoms with E-state index in [-0.39, 0.29) is 5.91 Å².